The molecule has 0 fully saturated rings. The van der Waals surface area contributed by atoms with Crippen molar-refractivity contribution >= 4 is 35.0 Å². The van der Waals surface area contributed by atoms with Gasteiger partial charge in [0.15, 0.2) is 0 Å². The van der Waals surface area contributed by atoms with Crippen molar-refractivity contribution in [3.05, 3.63) is 35.9 Å². The number of rotatable bonds is 6. The van der Waals surface area contributed by atoms with E-state index in [1.165, 1.54) is 0 Å². The first-order valence-electron chi connectivity index (χ1n) is 8.03. The van der Waals surface area contributed by atoms with E-state index in [1.807, 2.05) is 63.2 Å². The van der Waals surface area contributed by atoms with Gasteiger partial charge in [0.1, 0.15) is 5.82 Å². The predicted octanol–water partition coefficient (Wildman–Crippen LogP) is 2.71. The van der Waals surface area contributed by atoms with Crippen molar-refractivity contribution in [2.45, 2.75) is 32.9 Å². The maximum atomic E-state index is 12.2. The second kappa shape index (κ2) is 8.85. The fourth-order valence-corrected chi connectivity index (χ4v) is 2.42. The summed E-state index contributed by atoms with van der Waals surface area (Å²) >= 11 is 0. The molecule has 1 heterocycles. The molecule has 1 aromatic heterocycles. The van der Waals surface area contributed by atoms with Gasteiger partial charge in [0, 0.05) is 26.0 Å². The fourth-order valence-electron chi connectivity index (χ4n) is 2.42. The lowest BCUT2D eigenvalue weighted by Crippen LogP contribution is -2.44. The van der Waals surface area contributed by atoms with Crippen molar-refractivity contribution in [1.82, 2.24) is 10.3 Å². The van der Waals surface area contributed by atoms with Gasteiger partial charge in [-0.25, -0.2) is 4.98 Å². The Labute approximate surface area is 150 Å². The minimum atomic E-state index is -0.471. The smallest absolute Gasteiger partial charge is 0.237 e. The lowest BCUT2D eigenvalue weighted by molar-refractivity contribution is -0.123. The molecule has 0 bridgehead atoms. The Morgan fingerprint density at radius 3 is 2.62 bits per heavy atom. The number of nitrogens with one attached hydrogen (secondary N) is 1. The summed E-state index contributed by atoms with van der Waals surface area (Å²) < 4.78 is 0. The highest BCUT2D eigenvalue weighted by atomic mass is 35.5. The number of amides is 1. The molecule has 0 spiro atoms. The Hall–Kier alpha value is -1.85. The molecule has 24 heavy (non-hydrogen) atoms. The molecular formula is C18H27ClN4O. The Morgan fingerprint density at radius 1 is 1.33 bits per heavy atom. The highest BCUT2D eigenvalue weighted by molar-refractivity contribution is 5.86. The van der Waals surface area contributed by atoms with E-state index >= 15 is 0 Å². The molecule has 0 radical (unpaired) electrons. The van der Waals surface area contributed by atoms with E-state index < -0.39 is 6.04 Å². The largest absolute Gasteiger partial charge is 0.363 e. The van der Waals surface area contributed by atoms with Crippen LogP contribution in [-0.2, 0) is 11.3 Å². The molecule has 5 nitrogen and oxygen atoms in total. The lowest BCUT2D eigenvalue weighted by Gasteiger charge is -2.19. The minimum absolute atomic E-state index is 0. The van der Waals surface area contributed by atoms with E-state index in [-0.39, 0.29) is 24.2 Å². The number of aromatic nitrogens is 1. The average Bonchev–Trinajstić information content (AvgIpc) is 2.57. The van der Waals surface area contributed by atoms with Gasteiger partial charge in [0.25, 0.3) is 0 Å². The second-order valence-electron chi connectivity index (χ2n) is 6.18. The molecule has 0 aliphatic heterocycles. The molecule has 3 N–H and O–H groups in total. The Bertz CT molecular complexity index is 690. The van der Waals surface area contributed by atoms with Crippen LogP contribution in [0.15, 0.2) is 30.3 Å². The third-order valence-corrected chi connectivity index (χ3v) is 4.26. The van der Waals surface area contributed by atoms with Crippen molar-refractivity contribution in [1.29, 1.82) is 0 Å². The molecular weight excluding hydrogens is 324 g/mol. The molecule has 2 rings (SSSR count). The van der Waals surface area contributed by atoms with Crippen LogP contribution in [0, 0.1) is 5.92 Å². The van der Waals surface area contributed by atoms with E-state index in [9.17, 15) is 4.79 Å². The van der Waals surface area contributed by atoms with Gasteiger partial charge in [-0.05, 0) is 23.6 Å². The zero-order chi connectivity index (χ0) is 17.0. The van der Waals surface area contributed by atoms with Gasteiger partial charge in [-0.2, -0.15) is 0 Å². The van der Waals surface area contributed by atoms with Crippen molar-refractivity contribution in [2.75, 3.05) is 19.0 Å². The maximum Gasteiger partial charge on any atom is 0.237 e. The van der Waals surface area contributed by atoms with E-state index in [0.29, 0.717) is 6.54 Å². The third kappa shape index (κ3) is 4.58. The Kier molecular flexibility index (Phi) is 7.45. The number of carbonyl (C=O) groups is 1. The van der Waals surface area contributed by atoms with Crippen LogP contribution >= 0.6 is 12.4 Å². The van der Waals surface area contributed by atoms with Crippen molar-refractivity contribution in [3.8, 4) is 0 Å². The molecule has 0 saturated carbocycles. The fraction of sp³-hybridized carbons (Fsp3) is 0.444. The number of benzene rings is 1. The molecule has 0 aliphatic rings. The molecule has 2 unspecified atom stereocenters. The summed E-state index contributed by atoms with van der Waals surface area (Å²) in [5, 5.41) is 4.01. The monoisotopic (exact) mass is 350 g/mol. The number of anilines is 1. The summed E-state index contributed by atoms with van der Waals surface area (Å²) in [5.74, 6) is 0.937. The van der Waals surface area contributed by atoms with Gasteiger partial charge in [0.2, 0.25) is 5.91 Å². The van der Waals surface area contributed by atoms with Crippen LogP contribution in [0.1, 0.15) is 25.8 Å². The highest BCUT2D eigenvalue weighted by Crippen LogP contribution is 2.22. The standard InChI is InChI=1S/C18H26N4O.ClH/c1-5-12(2)17(19)18(23)20-11-13-10-16(22(3)4)21-15-9-7-6-8-14(13)15;/h6-10,12,17H,5,11,19H2,1-4H3,(H,20,23);1H. The molecule has 1 amide bonds. The molecule has 6 heteroatoms. The van der Waals surface area contributed by atoms with E-state index in [4.69, 9.17) is 5.73 Å². The van der Waals surface area contributed by atoms with Gasteiger partial charge in [-0.1, -0.05) is 38.5 Å². The molecule has 132 valence electrons. The number of pyridine rings is 1. The predicted molar refractivity (Wildman–Crippen MR) is 103 cm³/mol. The third-order valence-electron chi connectivity index (χ3n) is 4.26. The minimum Gasteiger partial charge on any atom is -0.363 e. The highest BCUT2D eigenvalue weighted by Gasteiger charge is 2.19. The van der Waals surface area contributed by atoms with Crippen molar-refractivity contribution in [2.24, 2.45) is 11.7 Å². The van der Waals surface area contributed by atoms with Crippen LogP contribution in [0.4, 0.5) is 5.82 Å². The first-order chi connectivity index (χ1) is 10.9. The van der Waals surface area contributed by atoms with E-state index in [2.05, 4.69) is 10.3 Å². The summed E-state index contributed by atoms with van der Waals surface area (Å²) in [6.07, 6.45) is 0.886. The summed E-state index contributed by atoms with van der Waals surface area (Å²) in [7, 11) is 3.91. The molecule has 2 atom stereocenters. The zero-order valence-corrected chi connectivity index (χ0v) is 15.6. The van der Waals surface area contributed by atoms with Crippen LogP contribution in [-0.4, -0.2) is 31.0 Å². The number of nitrogens with two attached hydrogens (primary N) is 1. The maximum absolute atomic E-state index is 12.2. The number of para-hydroxylation sites is 1. The topological polar surface area (TPSA) is 71.2 Å². The summed E-state index contributed by atoms with van der Waals surface area (Å²) in [4.78, 5) is 18.8. The first-order valence-corrected chi connectivity index (χ1v) is 8.03. The molecule has 0 aliphatic carbocycles. The molecule has 0 saturated heterocycles. The molecule has 1 aromatic carbocycles. The molecule has 2 aromatic rings. The second-order valence-corrected chi connectivity index (χ2v) is 6.18. The number of fused-ring (bicyclic) bond motifs is 1. The summed E-state index contributed by atoms with van der Waals surface area (Å²) in [6, 6.07) is 9.50. The normalized spacial score (nSPS) is 13.0. The summed E-state index contributed by atoms with van der Waals surface area (Å²) in [6.45, 7) is 4.49. The van der Waals surface area contributed by atoms with Gasteiger partial charge < -0.3 is 16.0 Å². The van der Waals surface area contributed by atoms with Crippen LogP contribution in [0.3, 0.4) is 0 Å². The Morgan fingerprint density at radius 2 is 2.00 bits per heavy atom. The van der Waals surface area contributed by atoms with Gasteiger partial charge in [0.05, 0.1) is 11.6 Å². The SMILES string of the molecule is CCC(C)C(N)C(=O)NCc1cc(N(C)C)nc2ccccc12.Cl. The first kappa shape index (κ1) is 20.2. The van der Waals surface area contributed by atoms with E-state index in [0.717, 1.165) is 28.7 Å². The van der Waals surface area contributed by atoms with Crippen molar-refractivity contribution in [3.63, 3.8) is 0 Å². The Balaban J connectivity index is 0.00000288. The number of hydrogen-bond donors (Lipinski definition) is 2. The quantitative estimate of drug-likeness (QED) is 0.840. The van der Waals surface area contributed by atoms with Gasteiger partial charge in [-0.15, -0.1) is 12.4 Å². The van der Waals surface area contributed by atoms with E-state index in [1.54, 1.807) is 0 Å². The lowest BCUT2D eigenvalue weighted by atomic mass is 9.99. The van der Waals surface area contributed by atoms with Crippen LogP contribution in [0.25, 0.3) is 10.9 Å². The number of carbonyl (C=O) groups excluding carboxylic acids is 1. The van der Waals surface area contributed by atoms with Crippen molar-refractivity contribution < 1.29 is 4.79 Å². The summed E-state index contributed by atoms with van der Waals surface area (Å²) in [5.41, 5.74) is 7.96. The van der Waals surface area contributed by atoms with Crippen LogP contribution in [0.2, 0.25) is 0 Å². The number of nitrogens with zero attached hydrogens (tertiary/aromatic N) is 2. The zero-order valence-electron chi connectivity index (χ0n) is 14.7. The number of hydrogen-bond acceptors (Lipinski definition) is 4. The number of halogens is 1. The van der Waals surface area contributed by atoms with Gasteiger partial charge in [-0.3, -0.25) is 4.79 Å². The van der Waals surface area contributed by atoms with Crippen LogP contribution in [0.5, 0.6) is 0 Å². The average molecular weight is 351 g/mol. The van der Waals surface area contributed by atoms with Gasteiger partial charge >= 0.3 is 0 Å². The van der Waals surface area contributed by atoms with Crippen LogP contribution < -0.4 is 16.0 Å².